The summed E-state index contributed by atoms with van der Waals surface area (Å²) in [5.41, 5.74) is 5.99. The van der Waals surface area contributed by atoms with Crippen LogP contribution in [0.5, 0.6) is 0 Å². The maximum atomic E-state index is 12.8. The highest BCUT2D eigenvalue weighted by Gasteiger charge is 2.21. The van der Waals surface area contributed by atoms with Crippen molar-refractivity contribution in [3.05, 3.63) is 107 Å². The molecule has 1 heterocycles. The van der Waals surface area contributed by atoms with Crippen LogP contribution in [0.1, 0.15) is 24.1 Å². The predicted octanol–water partition coefficient (Wildman–Crippen LogP) is 3.72. The smallest absolute Gasteiger partial charge is 0.408 e. The van der Waals surface area contributed by atoms with Crippen molar-refractivity contribution in [1.82, 2.24) is 9.99 Å². The van der Waals surface area contributed by atoms with Crippen LogP contribution in [0, 0.1) is 0 Å². The molecule has 0 fully saturated rings. The molecule has 0 aliphatic carbocycles. The Kier molecular flexibility index (Phi) is 5.07. The Hall–Kier alpha value is -3.93. The second-order valence-electron chi connectivity index (χ2n) is 6.55. The van der Waals surface area contributed by atoms with Gasteiger partial charge in [0.15, 0.2) is 5.58 Å². The number of nitrogens with one attached hydrogen (secondary N) is 1. The average molecular weight is 385 g/mol. The Morgan fingerprint density at radius 2 is 1.45 bits per heavy atom. The van der Waals surface area contributed by atoms with Crippen LogP contribution in [0.25, 0.3) is 11.1 Å². The van der Waals surface area contributed by atoms with Crippen LogP contribution in [0.15, 0.2) is 99.2 Å². The van der Waals surface area contributed by atoms with Gasteiger partial charge in [0, 0.05) is 11.1 Å². The quantitative estimate of drug-likeness (QED) is 0.420. The number of carbonyl (C=O) groups is 1. The van der Waals surface area contributed by atoms with Crippen LogP contribution in [0.4, 0.5) is 0 Å². The number of benzene rings is 3. The molecule has 0 bridgehead atoms. The third kappa shape index (κ3) is 3.73. The Labute approximate surface area is 167 Å². The van der Waals surface area contributed by atoms with Crippen LogP contribution in [-0.2, 0) is 4.79 Å². The van der Waals surface area contributed by atoms with Crippen LogP contribution in [0.3, 0.4) is 0 Å². The van der Waals surface area contributed by atoms with Crippen LogP contribution in [-0.4, -0.2) is 16.2 Å². The number of rotatable bonds is 5. The van der Waals surface area contributed by atoms with Crippen molar-refractivity contribution in [3.8, 4) is 0 Å². The van der Waals surface area contributed by atoms with Gasteiger partial charge in [-0.3, -0.25) is 9.36 Å². The van der Waals surface area contributed by atoms with E-state index in [9.17, 15) is 9.59 Å². The molecular weight excluding hydrogens is 366 g/mol. The molecule has 0 saturated heterocycles. The van der Waals surface area contributed by atoms with E-state index in [2.05, 4.69) is 10.5 Å². The fraction of sp³-hybridized carbons (Fsp3) is 0.0870. The third-order valence-corrected chi connectivity index (χ3v) is 4.66. The molecule has 0 aliphatic rings. The van der Waals surface area contributed by atoms with Crippen LogP contribution < -0.4 is 11.2 Å². The second-order valence-corrected chi connectivity index (χ2v) is 6.55. The number of nitrogens with zero attached hydrogens (tertiary/aromatic N) is 2. The molecule has 1 aromatic heterocycles. The fourth-order valence-corrected chi connectivity index (χ4v) is 3.16. The van der Waals surface area contributed by atoms with Gasteiger partial charge in [0.1, 0.15) is 6.04 Å². The summed E-state index contributed by atoms with van der Waals surface area (Å²) in [4.78, 5) is 25.0. The second kappa shape index (κ2) is 7.98. The molecule has 0 saturated carbocycles. The summed E-state index contributed by atoms with van der Waals surface area (Å²) in [6.07, 6.45) is 0. The molecule has 6 nitrogen and oxygen atoms in total. The zero-order valence-corrected chi connectivity index (χ0v) is 15.8. The minimum atomic E-state index is -0.789. The highest BCUT2D eigenvalue weighted by Crippen LogP contribution is 2.17. The number of para-hydroxylation sites is 2. The van der Waals surface area contributed by atoms with Gasteiger partial charge in [-0.2, -0.15) is 5.10 Å². The van der Waals surface area contributed by atoms with E-state index in [-0.39, 0.29) is 0 Å². The van der Waals surface area contributed by atoms with Gasteiger partial charge in [-0.05, 0) is 19.1 Å². The molecule has 4 aromatic rings. The van der Waals surface area contributed by atoms with Gasteiger partial charge >= 0.3 is 5.76 Å². The van der Waals surface area contributed by atoms with Crippen molar-refractivity contribution in [2.24, 2.45) is 5.10 Å². The topological polar surface area (TPSA) is 76.6 Å². The molecule has 4 rings (SSSR count). The minimum absolute atomic E-state index is 0.414. The number of hydrogen-bond acceptors (Lipinski definition) is 4. The summed E-state index contributed by atoms with van der Waals surface area (Å²) in [5.74, 6) is -0.993. The van der Waals surface area contributed by atoms with E-state index in [1.54, 1.807) is 31.2 Å². The van der Waals surface area contributed by atoms with Gasteiger partial charge < -0.3 is 4.42 Å². The molecule has 0 spiro atoms. The van der Waals surface area contributed by atoms with Crippen LogP contribution in [0.2, 0.25) is 0 Å². The van der Waals surface area contributed by atoms with Gasteiger partial charge in [-0.1, -0.05) is 72.8 Å². The lowest BCUT2D eigenvalue weighted by Crippen LogP contribution is -2.32. The third-order valence-electron chi connectivity index (χ3n) is 4.66. The lowest BCUT2D eigenvalue weighted by Gasteiger charge is -2.12. The van der Waals surface area contributed by atoms with Crippen molar-refractivity contribution in [3.63, 3.8) is 0 Å². The van der Waals surface area contributed by atoms with E-state index in [1.807, 2.05) is 60.7 Å². The molecule has 0 radical (unpaired) electrons. The van der Waals surface area contributed by atoms with Gasteiger partial charge in [0.25, 0.3) is 5.91 Å². The van der Waals surface area contributed by atoms with Gasteiger partial charge in [-0.25, -0.2) is 10.2 Å². The van der Waals surface area contributed by atoms with Gasteiger partial charge in [0.05, 0.1) is 11.2 Å². The Bertz CT molecular complexity index is 1180. The molecule has 144 valence electrons. The lowest BCUT2D eigenvalue weighted by molar-refractivity contribution is -0.123. The van der Waals surface area contributed by atoms with E-state index in [0.29, 0.717) is 16.8 Å². The Morgan fingerprint density at radius 1 is 0.897 bits per heavy atom. The number of amides is 1. The summed E-state index contributed by atoms with van der Waals surface area (Å²) in [7, 11) is 0. The van der Waals surface area contributed by atoms with E-state index in [1.165, 1.54) is 4.57 Å². The standard InChI is InChI=1S/C23H19N3O3/c1-16(26-19-14-8-9-15-20(19)29-23(26)28)22(27)25-24-21(17-10-4-2-5-11-17)18-12-6-3-7-13-18/h2-16H,1H3,(H,25,27). The number of fused-ring (bicyclic) bond motifs is 1. The molecule has 1 unspecified atom stereocenters. The van der Waals surface area contributed by atoms with Crippen LogP contribution >= 0.6 is 0 Å². The summed E-state index contributed by atoms with van der Waals surface area (Å²) in [6.45, 7) is 1.64. The number of hydrazone groups is 1. The maximum Gasteiger partial charge on any atom is 0.420 e. The molecular formula is C23H19N3O3. The van der Waals surface area contributed by atoms with E-state index < -0.39 is 17.7 Å². The Morgan fingerprint density at radius 3 is 2.07 bits per heavy atom. The van der Waals surface area contributed by atoms with Crippen molar-refractivity contribution < 1.29 is 9.21 Å². The summed E-state index contributed by atoms with van der Waals surface area (Å²) < 4.78 is 6.55. The predicted molar refractivity (Wildman–Crippen MR) is 112 cm³/mol. The molecule has 1 atom stereocenters. The molecule has 3 aromatic carbocycles. The normalized spacial score (nSPS) is 11.8. The first-order chi connectivity index (χ1) is 14.1. The number of oxazole rings is 1. The van der Waals surface area contributed by atoms with E-state index in [0.717, 1.165) is 11.1 Å². The summed E-state index contributed by atoms with van der Waals surface area (Å²) in [5, 5.41) is 4.38. The molecule has 29 heavy (non-hydrogen) atoms. The molecule has 6 heteroatoms. The molecule has 0 aliphatic heterocycles. The first kappa shape index (κ1) is 18.4. The van der Waals surface area contributed by atoms with Crippen molar-refractivity contribution >= 4 is 22.7 Å². The lowest BCUT2D eigenvalue weighted by atomic mass is 10.0. The first-order valence-electron chi connectivity index (χ1n) is 9.23. The zero-order valence-electron chi connectivity index (χ0n) is 15.8. The Balaban J connectivity index is 1.66. The SMILES string of the molecule is CC(C(=O)NN=C(c1ccccc1)c1ccccc1)n1c(=O)oc2ccccc21. The molecule has 1 amide bonds. The average Bonchev–Trinajstić information content (AvgIpc) is 3.10. The van der Waals surface area contributed by atoms with E-state index >= 15 is 0 Å². The number of carbonyl (C=O) groups excluding carboxylic acids is 1. The maximum absolute atomic E-state index is 12.8. The highest BCUT2D eigenvalue weighted by molar-refractivity contribution is 6.13. The zero-order chi connectivity index (χ0) is 20.2. The summed E-state index contributed by atoms with van der Waals surface area (Å²) >= 11 is 0. The molecule has 1 N–H and O–H groups in total. The monoisotopic (exact) mass is 385 g/mol. The minimum Gasteiger partial charge on any atom is -0.408 e. The first-order valence-corrected chi connectivity index (χ1v) is 9.23. The largest absolute Gasteiger partial charge is 0.420 e. The highest BCUT2D eigenvalue weighted by atomic mass is 16.4. The van der Waals surface area contributed by atoms with Crippen molar-refractivity contribution in [2.45, 2.75) is 13.0 Å². The fourth-order valence-electron chi connectivity index (χ4n) is 3.16. The van der Waals surface area contributed by atoms with Gasteiger partial charge in [0.2, 0.25) is 0 Å². The van der Waals surface area contributed by atoms with E-state index in [4.69, 9.17) is 4.42 Å². The summed E-state index contributed by atoms with van der Waals surface area (Å²) in [6, 6.07) is 25.4. The van der Waals surface area contributed by atoms with Crippen molar-refractivity contribution in [2.75, 3.05) is 0 Å². The number of hydrogen-bond donors (Lipinski definition) is 1. The number of aromatic nitrogens is 1. The van der Waals surface area contributed by atoms with Crippen molar-refractivity contribution in [1.29, 1.82) is 0 Å². The van der Waals surface area contributed by atoms with Gasteiger partial charge in [-0.15, -0.1) is 0 Å².